The molecule has 0 aromatic heterocycles. The molecular weight excluding hydrogens is 364 g/mol. The van der Waals surface area contributed by atoms with Crippen LogP contribution < -0.4 is 10.1 Å². The molecule has 0 saturated carbocycles. The largest absolute Gasteiger partial charge is 0.494 e. The molecule has 2 aromatic carbocycles. The van der Waals surface area contributed by atoms with Crippen LogP contribution in [0.4, 0.5) is 0 Å². The number of carboxylic acids is 1. The van der Waals surface area contributed by atoms with Crippen LogP contribution in [0, 0.1) is 0 Å². The number of benzene rings is 2. The van der Waals surface area contributed by atoms with E-state index in [1.807, 2.05) is 24.3 Å². The van der Waals surface area contributed by atoms with Crippen LogP contribution in [0.3, 0.4) is 0 Å². The van der Waals surface area contributed by atoms with Crippen LogP contribution in [0.15, 0.2) is 36.4 Å². The predicted molar refractivity (Wildman–Crippen MR) is 120 cm³/mol. The van der Waals surface area contributed by atoms with Gasteiger partial charge >= 0.3 is 5.97 Å². The maximum absolute atomic E-state index is 11.0. The molecule has 3 rings (SSSR count). The highest BCUT2D eigenvalue weighted by Gasteiger charge is 2.09. The summed E-state index contributed by atoms with van der Waals surface area (Å²) in [5.74, 6) is -0.0517. The average Bonchev–Trinajstić information content (AvgIpc) is 2.72. The summed E-state index contributed by atoms with van der Waals surface area (Å²) in [5.41, 5.74) is 0.313. The molecule has 1 fully saturated rings. The third kappa shape index (κ3) is 8.42. The SMILES string of the molecule is CCNC(C)C.O=C(O)c1ccc2cc(OCCCN3CCCCC3)ccc2c1. The number of hydrogen-bond acceptors (Lipinski definition) is 4. The van der Waals surface area contributed by atoms with Gasteiger partial charge < -0.3 is 20.1 Å². The molecule has 5 nitrogen and oxygen atoms in total. The number of piperidine rings is 1. The minimum atomic E-state index is -0.898. The minimum absolute atomic E-state index is 0.313. The molecular formula is C24H36N2O3. The van der Waals surface area contributed by atoms with Crippen molar-refractivity contribution in [3.63, 3.8) is 0 Å². The number of aromatic carboxylic acids is 1. The van der Waals surface area contributed by atoms with Gasteiger partial charge in [-0.25, -0.2) is 4.79 Å². The summed E-state index contributed by atoms with van der Waals surface area (Å²) in [5, 5.41) is 14.2. The first-order chi connectivity index (χ1) is 14.0. The van der Waals surface area contributed by atoms with Crippen molar-refractivity contribution in [2.24, 2.45) is 0 Å². The van der Waals surface area contributed by atoms with Gasteiger partial charge in [0.05, 0.1) is 12.2 Å². The summed E-state index contributed by atoms with van der Waals surface area (Å²) in [6.45, 7) is 11.7. The quantitative estimate of drug-likeness (QED) is 0.624. The number of carboxylic acid groups (broad SMARTS) is 1. The zero-order valence-electron chi connectivity index (χ0n) is 18.1. The number of likely N-dealkylation sites (tertiary alicyclic amines) is 1. The van der Waals surface area contributed by atoms with Crippen molar-refractivity contribution >= 4 is 16.7 Å². The maximum atomic E-state index is 11.0. The summed E-state index contributed by atoms with van der Waals surface area (Å²) < 4.78 is 5.84. The minimum Gasteiger partial charge on any atom is -0.494 e. The number of ether oxygens (including phenoxy) is 1. The molecule has 1 aliphatic heterocycles. The lowest BCUT2D eigenvalue weighted by molar-refractivity contribution is 0.0697. The van der Waals surface area contributed by atoms with Gasteiger partial charge in [0, 0.05) is 12.6 Å². The molecule has 2 aromatic rings. The fourth-order valence-electron chi connectivity index (χ4n) is 3.52. The van der Waals surface area contributed by atoms with Crippen LogP contribution in [-0.2, 0) is 0 Å². The van der Waals surface area contributed by atoms with Gasteiger partial charge in [-0.1, -0.05) is 39.3 Å². The van der Waals surface area contributed by atoms with Crippen LogP contribution >= 0.6 is 0 Å². The van der Waals surface area contributed by atoms with E-state index in [-0.39, 0.29) is 0 Å². The van der Waals surface area contributed by atoms with Crippen LogP contribution in [0.25, 0.3) is 10.8 Å². The lowest BCUT2D eigenvalue weighted by atomic mass is 10.1. The Kier molecular flexibility index (Phi) is 9.95. The molecule has 29 heavy (non-hydrogen) atoms. The number of hydrogen-bond donors (Lipinski definition) is 2. The molecule has 0 amide bonds. The molecule has 0 spiro atoms. The number of nitrogens with one attached hydrogen (secondary N) is 1. The number of rotatable bonds is 8. The van der Waals surface area contributed by atoms with Gasteiger partial charge in [0.2, 0.25) is 0 Å². The molecule has 160 valence electrons. The molecule has 5 heteroatoms. The standard InChI is InChI=1S/C19H23NO3.C5H13N/c21-19(22)17-6-5-16-14-18(8-7-15(16)13-17)23-12-4-11-20-9-2-1-3-10-20;1-4-6-5(2)3/h5-8,13-14H,1-4,9-12H2,(H,21,22);5-6H,4H2,1-3H3. The van der Waals surface area contributed by atoms with Gasteiger partial charge in [-0.3, -0.25) is 0 Å². The Bertz CT molecular complexity index is 755. The Morgan fingerprint density at radius 3 is 2.41 bits per heavy atom. The van der Waals surface area contributed by atoms with Crippen LogP contribution in [0.1, 0.15) is 56.8 Å². The van der Waals surface area contributed by atoms with E-state index in [2.05, 4.69) is 31.0 Å². The topological polar surface area (TPSA) is 61.8 Å². The zero-order valence-corrected chi connectivity index (χ0v) is 18.1. The van der Waals surface area contributed by atoms with Crippen LogP contribution in [-0.4, -0.2) is 54.8 Å². The highest BCUT2D eigenvalue weighted by molar-refractivity contribution is 5.94. The normalized spacial score (nSPS) is 14.5. The Hall–Kier alpha value is -2.11. The third-order valence-electron chi connectivity index (χ3n) is 5.01. The second-order valence-corrected chi connectivity index (χ2v) is 7.85. The van der Waals surface area contributed by atoms with Crippen LogP contribution in [0.5, 0.6) is 5.75 Å². The van der Waals surface area contributed by atoms with E-state index in [0.717, 1.165) is 42.6 Å². The van der Waals surface area contributed by atoms with Gasteiger partial charge in [-0.05, 0) is 73.9 Å². The van der Waals surface area contributed by atoms with E-state index in [1.165, 1.54) is 32.4 Å². The second-order valence-electron chi connectivity index (χ2n) is 7.85. The van der Waals surface area contributed by atoms with Crippen molar-refractivity contribution in [2.75, 3.05) is 32.8 Å². The van der Waals surface area contributed by atoms with E-state index in [4.69, 9.17) is 9.84 Å². The van der Waals surface area contributed by atoms with E-state index < -0.39 is 5.97 Å². The average molecular weight is 401 g/mol. The first-order valence-electron chi connectivity index (χ1n) is 10.8. The highest BCUT2D eigenvalue weighted by atomic mass is 16.5. The van der Waals surface area contributed by atoms with Gasteiger partial charge in [-0.2, -0.15) is 0 Å². The van der Waals surface area contributed by atoms with E-state index in [9.17, 15) is 4.79 Å². The third-order valence-corrected chi connectivity index (χ3v) is 5.01. The fraction of sp³-hybridized carbons (Fsp3) is 0.542. The summed E-state index contributed by atoms with van der Waals surface area (Å²) in [6.07, 6.45) is 5.05. The molecule has 0 radical (unpaired) electrons. The van der Waals surface area contributed by atoms with Crippen molar-refractivity contribution in [1.29, 1.82) is 0 Å². The number of fused-ring (bicyclic) bond motifs is 1. The van der Waals surface area contributed by atoms with Gasteiger partial charge in [0.15, 0.2) is 0 Å². The molecule has 0 aliphatic carbocycles. The smallest absolute Gasteiger partial charge is 0.335 e. The highest BCUT2D eigenvalue weighted by Crippen LogP contribution is 2.22. The zero-order chi connectivity index (χ0) is 21.1. The maximum Gasteiger partial charge on any atom is 0.335 e. The Labute approximate surface area is 175 Å². The molecule has 1 heterocycles. The molecule has 0 atom stereocenters. The first kappa shape index (κ1) is 23.2. The summed E-state index contributed by atoms with van der Waals surface area (Å²) in [4.78, 5) is 13.5. The van der Waals surface area contributed by atoms with Crippen molar-refractivity contribution in [1.82, 2.24) is 10.2 Å². The molecule has 2 N–H and O–H groups in total. The Morgan fingerprint density at radius 1 is 1.10 bits per heavy atom. The lowest BCUT2D eigenvalue weighted by Crippen LogP contribution is -2.31. The Balaban J connectivity index is 0.000000438. The van der Waals surface area contributed by atoms with Gasteiger partial charge in [-0.15, -0.1) is 0 Å². The van der Waals surface area contributed by atoms with E-state index in [1.54, 1.807) is 12.1 Å². The molecule has 1 aliphatic rings. The van der Waals surface area contributed by atoms with E-state index in [0.29, 0.717) is 11.6 Å². The van der Waals surface area contributed by atoms with Crippen molar-refractivity contribution in [3.05, 3.63) is 42.0 Å². The van der Waals surface area contributed by atoms with E-state index >= 15 is 0 Å². The predicted octanol–water partition coefficient (Wildman–Crippen LogP) is 4.80. The molecule has 0 unspecified atom stereocenters. The summed E-state index contributed by atoms with van der Waals surface area (Å²) in [7, 11) is 0. The lowest BCUT2D eigenvalue weighted by Gasteiger charge is -2.26. The second kappa shape index (κ2) is 12.5. The van der Waals surface area contributed by atoms with Gasteiger partial charge in [0.1, 0.15) is 5.75 Å². The van der Waals surface area contributed by atoms with Gasteiger partial charge in [0.25, 0.3) is 0 Å². The van der Waals surface area contributed by atoms with Crippen molar-refractivity contribution in [3.8, 4) is 5.75 Å². The molecule has 0 bridgehead atoms. The van der Waals surface area contributed by atoms with Crippen molar-refractivity contribution in [2.45, 2.75) is 52.5 Å². The molecule has 1 saturated heterocycles. The number of nitrogens with zero attached hydrogens (tertiary/aromatic N) is 1. The monoisotopic (exact) mass is 400 g/mol. The summed E-state index contributed by atoms with van der Waals surface area (Å²) >= 11 is 0. The van der Waals surface area contributed by atoms with Crippen LogP contribution in [0.2, 0.25) is 0 Å². The Morgan fingerprint density at radius 2 is 1.79 bits per heavy atom. The van der Waals surface area contributed by atoms with Crippen molar-refractivity contribution < 1.29 is 14.6 Å². The first-order valence-corrected chi connectivity index (χ1v) is 10.8. The number of carbonyl (C=O) groups is 1. The summed E-state index contributed by atoms with van der Waals surface area (Å²) in [6, 6.07) is 11.6. The fourth-order valence-corrected chi connectivity index (χ4v) is 3.52.